The van der Waals surface area contributed by atoms with Gasteiger partial charge in [0.05, 0.1) is 17.6 Å². The minimum atomic E-state index is -0.0956. The number of aromatic nitrogens is 5. The van der Waals surface area contributed by atoms with Gasteiger partial charge in [-0.2, -0.15) is 5.10 Å². The molecule has 26 heavy (non-hydrogen) atoms. The molecular weight excluding hydrogens is 328 g/mol. The average molecular weight is 354 g/mol. The van der Waals surface area contributed by atoms with Crippen molar-refractivity contribution >= 4 is 11.0 Å². The molecule has 0 bridgehead atoms. The van der Waals surface area contributed by atoms with E-state index in [1.54, 1.807) is 4.57 Å². The normalized spacial score (nSPS) is 16.5. The van der Waals surface area contributed by atoms with Crippen LogP contribution in [0.2, 0.25) is 0 Å². The monoisotopic (exact) mass is 354 g/mol. The Morgan fingerprint density at radius 1 is 1.19 bits per heavy atom. The summed E-state index contributed by atoms with van der Waals surface area (Å²) in [5, 5.41) is 6.78. The first-order valence-electron chi connectivity index (χ1n) is 9.42. The Balaban J connectivity index is 1.37. The lowest BCUT2D eigenvalue weighted by molar-refractivity contribution is 0.170. The number of aromatic amines is 1. The van der Waals surface area contributed by atoms with E-state index in [0.717, 1.165) is 56.1 Å². The van der Waals surface area contributed by atoms with Crippen LogP contribution < -0.4 is 5.69 Å². The molecule has 1 fully saturated rings. The van der Waals surface area contributed by atoms with Gasteiger partial charge in [-0.25, -0.2) is 14.9 Å². The molecule has 0 aliphatic carbocycles. The van der Waals surface area contributed by atoms with Crippen LogP contribution in [-0.4, -0.2) is 42.3 Å². The second-order valence-electron chi connectivity index (χ2n) is 7.19. The predicted octanol–water partition coefficient (Wildman–Crippen LogP) is 1.93. The molecule has 3 heterocycles. The van der Waals surface area contributed by atoms with E-state index in [2.05, 4.69) is 44.9 Å². The van der Waals surface area contributed by atoms with Crippen molar-refractivity contribution in [1.82, 2.24) is 29.2 Å². The molecule has 7 nitrogen and oxygen atoms in total. The van der Waals surface area contributed by atoms with Crippen LogP contribution >= 0.6 is 0 Å². The summed E-state index contributed by atoms with van der Waals surface area (Å²) in [7, 11) is 2.10. The summed E-state index contributed by atoms with van der Waals surface area (Å²) in [5.41, 5.74) is 2.16. The number of piperidine rings is 1. The van der Waals surface area contributed by atoms with Crippen molar-refractivity contribution in [2.45, 2.75) is 39.3 Å². The van der Waals surface area contributed by atoms with E-state index < -0.39 is 0 Å². The smallest absolute Gasteiger partial charge is 0.330 e. The Bertz CT molecular complexity index is 944. The second-order valence-corrected chi connectivity index (χ2v) is 7.19. The van der Waals surface area contributed by atoms with Crippen molar-refractivity contribution in [1.29, 1.82) is 0 Å². The number of aryl methyl sites for hydroxylation is 1. The molecule has 0 radical (unpaired) electrons. The third-order valence-electron chi connectivity index (χ3n) is 5.58. The first kappa shape index (κ1) is 17.0. The number of imidazole rings is 1. The molecule has 4 rings (SSSR count). The van der Waals surface area contributed by atoms with Crippen molar-refractivity contribution in [2.24, 2.45) is 13.0 Å². The van der Waals surface area contributed by atoms with E-state index >= 15 is 0 Å². The molecule has 3 aromatic rings. The van der Waals surface area contributed by atoms with Gasteiger partial charge in [-0.1, -0.05) is 12.1 Å². The van der Waals surface area contributed by atoms with Crippen molar-refractivity contribution in [3.05, 3.63) is 46.4 Å². The van der Waals surface area contributed by atoms with Crippen LogP contribution in [0.15, 0.2) is 29.1 Å². The first-order chi connectivity index (χ1) is 12.7. The van der Waals surface area contributed by atoms with E-state index in [0.29, 0.717) is 12.5 Å². The zero-order chi connectivity index (χ0) is 18.1. The number of hydrogen-bond acceptors (Lipinski definition) is 4. The highest BCUT2D eigenvalue weighted by Gasteiger charge is 2.23. The number of nitrogens with zero attached hydrogens (tertiary/aromatic N) is 5. The van der Waals surface area contributed by atoms with E-state index in [9.17, 15) is 4.79 Å². The number of likely N-dealkylation sites (tertiary alicyclic amines) is 1. The lowest BCUT2D eigenvalue weighted by Gasteiger charge is -2.31. The summed E-state index contributed by atoms with van der Waals surface area (Å²) >= 11 is 0. The number of nitrogens with one attached hydrogen (secondary N) is 1. The molecule has 0 atom stereocenters. The molecule has 0 amide bonds. The Morgan fingerprint density at radius 2 is 1.96 bits per heavy atom. The summed E-state index contributed by atoms with van der Waals surface area (Å²) in [6, 6.07) is 8.29. The summed E-state index contributed by atoms with van der Waals surface area (Å²) in [6.07, 6.45) is 3.15. The van der Waals surface area contributed by atoms with Crippen molar-refractivity contribution < 1.29 is 0 Å². The molecule has 1 saturated heterocycles. The molecule has 138 valence electrons. The number of fused-ring (bicyclic) bond motifs is 1. The maximum absolute atomic E-state index is 11.7. The molecule has 1 aliphatic heterocycles. The van der Waals surface area contributed by atoms with Crippen LogP contribution in [0, 0.1) is 5.92 Å². The molecule has 7 heteroatoms. The second kappa shape index (κ2) is 7.07. The van der Waals surface area contributed by atoms with Crippen molar-refractivity contribution in [3.63, 3.8) is 0 Å². The maximum Gasteiger partial charge on any atom is 0.343 e. The highest BCUT2D eigenvalue weighted by atomic mass is 16.1. The van der Waals surface area contributed by atoms with Crippen LogP contribution in [0.5, 0.6) is 0 Å². The largest absolute Gasteiger partial charge is 0.343 e. The molecule has 1 aliphatic rings. The molecule has 0 spiro atoms. The Kier molecular flexibility index (Phi) is 4.63. The predicted molar refractivity (Wildman–Crippen MR) is 101 cm³/mol. The molecule has 0 saturated carbocycles. The van der Waals surface area contributed by atoms with Gasteiger partial charge in [-0.05, 0) is 50.9 Å². The minimum absolute atomic E-state index is 0.0956. The summed E-state index contributed by atoms with van der Waals surface area (Å²) in [4.78, 5) is 19.0. The number of benzene rings is 1. The molecule has 2 aromatic heterocycles. The molecular formula is C19H26N6O. The molecule has 1 aromatic carbocycles. The van der Waals surface area contributed by atoms with Crippen LogP contribution in [0.3, 0.4) is 0 Å². The number of H-pyrrole nitrogens is 1. The fourth-order valence-corrected chi connectivity index (χ4v) is 3.98. The standard InChI is InChI=1S/C19H26N6O/c1-3-25-17(21-22-19(25)26)12-14-8-10-24(11-9-14)13-18-20-15-6-4-5-7-16(15)23(18)2/h4-7,14H,3,8-13H2,1-2H3,(H,22,26). The Labute approximate surface area is 152 Å². The first-order valence-corrected chi connectivity index (χ1v) is 9.42. The molecule has 0 unspecified atom stereocenters. The Hall–Kier alpha value is -2.41. The summed E-state index contributed by atoms with van der Waals surface area (Å²) < 4.78 is 3.94. The Morgan fingerprint density at radius 3 is 2.69 bits per heavy atom. The van der Waals surface area contributed by atoms with Crippen molar-refractivity contribution in [3.8, 4) is 0 Å². The third-order valence-corrected chi connectivity index (χ3v) is 5.58. The van der Waals surface area contributed by atoms with E-state index in [-0.39, 0.29) is 5.69 Å². The van der Waals surface area contributed by atoms with Crippen molar-refractivity contribution in [2.75, 3.05) is 13.1 Å². The van der Waals surface area contributed by atoms with E-state index in [1.807, 2.05) is 13.0 Å². The van der Waals surface area contributed by atoms with Crippen LogP contribution in [0.1, 0.15) is 31.4 Å². The average Bonchev–Trinajstić information content (AvgIpc) is 3.17. The van der Waals surface area contributed by atoms with E-state index in [1.165, 1.54) is 5.52 Å². The number of para-hydroxylation sites is 2. The topological polar surface area (TPSA) is 71.7 Å². The quantitative estimate of drug-likeness (QED) is 0.760. The van der Waals surface area contributed by atoms with Crippen LogP contribution in [0.4, 0.5) is 0 Å². The number of rotatable bonds is 5. The highest BCUT2D eigenvalue weighted by Crippen LogP contribution is 2.23. The number of hydrogen-bond donors (Lipinski definition) is 1. The van der Waals surface area contributed by atoms with Gasteiger partial charge in [-0.3, -0.25) is 9.47 Å². The maximum atomic E-state index is 11.7. The minimum Gasteiger partial charge on any atom is -0.330 e. The lowest BCUT2D eigenvalue weighted by Crippen LogP contribution is -2.35. The van der Waals surface area contributed by atoms with E-state index in [4.69, 9.17) is 4.98 Å². The van der Waals surface area contributed by atoms with Crippen LogP contribution in [0.25, 0.3) is 11.0 Å². The lowest BCUT2D eigenvalue weighted by atomic mass is 9.93. The zero-order valence-electron chi connectivity index (χ0n) is 15.5. The van der Waals surface area contributed by atoms with Gasteiger partial charge < -0.3 is 4.57 Å². The van der Waals surface area contributed by atoms with Gasteiger partial charge in [0.1, 0.15) is 11.6 Å². The summed E-state index contributed by atoms with van der Waals surface area (Å²) in [5.74, 6) is 2.61. The SMILES string of the molecule is CCn1c(CC2CCN(Cc3nc4ccccc4n3C)CC2)n[nH]c1=O. The molecule has 1 N–H and O–H groups in total. The summed E-state index contributed by atoms with van der Waals surface area (Å²) in [6.45, 7) is 5.68. The van der Waals surface area contributed by atoms with Gasteiger partial charge in [-0.15, -0.1) is 0 Å². The fourth-order valence-electron chi connectivity index (χ4n) is 3.98. The third kappa shape index (κ3) is 3.19. The van der Waals surface area contributed by atoms with Gasteiger partial charge in [0.15, 0.2) is 0 Å². The van der Waals surface area contributed by atoms with Gasteiger partial charge in [0.2, 0.25) is 0 Å². The highest BCUT2D eigenvalue weighted by molar-refractivity contribution is 5.75. The van der Waals surface area contributed by atoms with Gasteiger partial charge >= 0.3 is 5.69 Å². The fraction of sp³-hybridized carbons (Fsp3) is 0.526. The van der Waals surface area contributed by atoms with Gasteiger partial charge in [0.25, 0.3) is 0 Å². The van der Waals surface area contributed by atoms with Crippen LogP contribution in [-0.2, 0) is 26.6 Å². The zero-order valence-corrected chi connectivity index (χ0v) is 15.5. The van der Waals surface area contributed by atoms with Gasteiger partial charge in [0, 0.05) is 20.0 Å².